The second-order valence-corrected chi connectivity index (χ2v) is 6.01. The van der Waals surface area contributed by atoms with E-state index in [2.05, 4.69) is 24.3 Å². The van der Waals surface area contributed by atoms with Crippen molar-refractivity contribution in [3.63, 3.8) is 0 Å². The third kappa shape index (κ3) is 3.38. The van der Waals surface area contributed by atoms with Crippen molar-refractivity contribution in [2.45, 2.75) is 13.0 Å². The molecule has 2 heteroatoms. The Hall–Kier alpha value is -2.87. The van der Waals surface area contributed by atoms with Gasteiger partial charge in [0.05, 0.1) is 6.04 Å². The fraction of sp³-hybridized carbons (Fsp3) is 0.136. The Morgan fingerprint density at radius 1 is 0.792 bits per heavy atom. The van der Waals surface area contributed by atoms with Gasteiger partial charge in [-0.1, -0.05) is 78.4 Å². The standard InChI is InChI=1S/C22H21NO/c1-17-10-9-15-20(16-17)22(24)23(2)21(18-11-5-3-6-12-18)19-13-7-4-8-14-19/h3-16,21H,1-2H3. The molecule has 0 bridgehead atoms. The molecule has 0 aromatic heterocycles. The van der Waals surface area contributed by atoms with Crippen LogP contribution in [0, 0.1) is 6.92 Å². The zero-order chi connectivity index (χ0) is 16.9. The largest absolute Gasteiger partial charge is 0.331 e. The predicted molar refractivity (Wildman–Crippen MR) is 98.0 cm³/mol. The van der Waals surface area contributed by atoms with E-state index in [1.807, 2.05) is 79.5 Å². The Balaban J connectivity index is 2.01. The number of carbonyl (C=O) groups is 1. The fourth-order valence-corrected chi connectivity index (χ4v) is 3.01. The number of hydrogen-bond donors (Lipinski definition) is 0. The highest BCUT2D eigenvalue weighted by Gasteiger charge is 2.24. The summed E-state index contributed by atoms with van der Waals surface area (Å²) < 4.78 is 0. The van der Waals surface area contributed by atoms with Crippen molar-refractivity contribution in [2.75, 3.05) is 7.05 Å². The van der Waals surface area contributed by atoms with Crippen molar-refractivity contribution in [3.8, 4) is 0 Å². The first-order valence-corrected chi connectivity index (χ1v) is 8.10. The topological polar surface area (TPSA) is 20.3 Å². The number of nitrogens with zero attached hydrogens (tertiary/aromatic N) is 1. The molecule has 3 aromatic carbocycles. The van der Waals surface area contributed by atoms with Gasteiger partial charge in [0.1, 0.15) is 0 Å². The first kappa shape index (κ1) is 16.0. The molecule has 120 valence electrons. The predicted octanol–water partition coefficient (Wildman–Crippen LogP) is 4.86. The number of rotatable bonds is 4. The Morgan fingerprint density at radius 3 is 1.83 bits per heavy atom. The van der Waals surface area contributed by atoms with E-state index in [0.29, 0.717) is 0 Å². The Kier molecular flexibility index (Phi) is 4.76. The molecule has 0 aliphatic heterocycles. The van der Waals surface area contributed by atoms with Crippen molar-refractivity contribution in [1.29, 1.82) is 0 Å². The number of aryl methyl sites for hydroxylation is 1. The van der Waals surface area contributed by atoms with Crippen molar-refractivity contribution in [3.05, 3.63) is 107 Å². The lowest BCUT2D eigenvalue weighted by molar-refractivity contribution is 0.0755. The lowest BCUT2D eigenvalue weighted by atomic mass is 9.96. The van der Waals surface area contributed by atoms with Crippen LogP contribution in [0.5, 0.6) is 0 Å². The van der Waals surface area contributed by atoms with E-state index in [4.69, 9.17) is 0 Å². The maximum absolute atomic E-state index is 13.0. The van der Waals surface area contributed by atoms with Gasteiger partial charge in [-0.05, 0) is 30.2 Å². The maximum Gasteiger partial charge on any atom is 0.254 e. The third-order valence-corrected chi connectivity index (χ3v) is 4.20. The van der Waals surface area contributed by atoms with Gasteiger partial charge in [0.2, 0.25) is 0 Å². The minimum Gasteiger partial charge on any atom is -0.331 e. The van der Waals surface area contributed by atoms with E-state index >= 15 is 0 Å². The average Bonchev–Trinajstić information content (AvgIpc) is 2.63. The molecule has 0 unspecified atom stereocenters. The third-order valence-electron chi connectivity index (χ3n) is 4.20. The van der Waals surface area contributed by atoms with E-state index in [-0.39, 0.29) is 11.9 Å². The van der Waals surface area contributed by atoms with Crippen LogP contribution in [0.3, 0.4) is 0 Å². The summed E-state index contributed by atoms with van der Waals surface area (Å²) in [5, 5.41) is 0. The van der Waals surface area contributed by atoms with Gasteiger partial charge in [-0.2, -0.15) is 0 Å². The van der Waals surface area contributed by atoms with E-state index in [9.17, 15) is 4.79 Å². The summed E-state index contributed by atoms with van der Waals surface area (Å²) in [7, 11) is 1.87. The van der Waals surface area contributed by atoms with Crippen LogP contribution in [0.15, 0.2) is 84.9 Å². The van der Waals surface area contributed by atoms with Crippen LogP contribution in [0.2, 0.25) is 0 Å². The van der Waals surface area contributed by atoms with E-state index in [1.54, 1.807) is 0 Å². The first-order valence-electron chi connectivity index (χ1n) is 8.10. The summed E-state index contributed by atoms with van der Waals surface area (Å²) in [5.74, 6) is 0.0245. The zero-order valence-electron chi connectivity index (χ0n) is 14.0. The van der Waals surface area contributed by atoms with Gasteiger partial charge in [-0.25, -0.2) is 0 Å². The molecule has 0 N–H and O–H groups in total. The number of amides is 1. The summed E-state index contributed by atoms with van der Waals surface area (Å²) in [6.45, 7) is 2.00. The highest BCUT2D eigenvalue weighted by Crippen LogP contribution is 2.28. The molecule has 0 spiro atoms. The van der Waals surface area contributed by atoms with Crippen molar-refractivity contribution in [1.82, 2.24) is 4.90 Å². The van der Waals surface area contributed by atoms with Crippen LogP contribution < -0.4 is 0 Å². The van der Waals surface area contributed by atoms with E-state index in [0.717, 1.165) is 22.3 Å². The monoisotopic (exact) mass is 315 g/mol. The van der Waals surface area contributed by atoms with Crippen LogP contribution in [-0.4, -0.2) is 17.9 Å². The summed E-state index contributed by atoms with van der Waals surface area (Å²) in [6.07, 6.45) is 0. The molecule has 0 saturated heterocycles. The van der Waals surface area contributed by atoms with Gasteiger partial charge in [0.15, 0.2) is 0 Å². The van der Waals surface area contributed by atoms with Gasteiger partial charge in [0.25, 0.3) is 5.91 Å². The lowest BCUT2D eigenvalue weighted by Crippen LogP contribution is -2.32. The van der Waals surface area contributed by atoms with Gasteiger partial charge in [-0.15, -0.1) is 0 Å². The SMILES string of the molecule is Cc1cccc(C(=O)N(C)C(c2ccccc2)c2ccccc2)c1. The molecule has 2 nitrogen and oxygen atoms in total. The summed E-state index contributed by atoms with van der Waals surface area (Å²) in [6, 6.07) is 27.9. The number of carbonyl (C=O) groups excluding carboxylic acids is 1. The van der Waals surface area contributed by atoms with Gasteiger partial charge < -0.3 is 4.90 Å². The van der Waals surface area contributed by atoms with Crippen LogP contribution in [0.25, 0.3) is 0 Å². The quantitative estimate of drug-likeness (QED) is 0.673. The van der Waals surface area contributed by atoms with Crippen LogP contribution >= 0.6 is 0 Å². The Morgan fingerprint density at radius 2 is 1.33 bits per heavy atom. The van der Waals surface area contributed by atoms with Crippen molar-refractivity contribution in [2.24, 2.45) is 0 Å². The minimum absolute atomic E-state index is 0.0245. The summed E-state index contributed by atoms with van der Waals surface area (Å²) >= 11 is 0. The normalized spacial score (nSPS) is 10.6. The van der Waals surface area contributed by atoms with Crippen molar-refractivity contribution < 1.29 is 4.79 Å². The van der Waals surface area contributed by atoms with Gasteiger partial charge in [-0.3, -0.25) is 4.79 Å². The van der Waals surface area contributed by atoms with Crippen molar-refractivity contribution >= 4 is 5.91 Å². The highest BCUT2D eigenvalue weighted by molar-refractivity contribution is 5.94. The highest BCUT2D eigenvalue weighted by atomic mass is 16.2. The molecule has 0 saturated carbocycles. The maximum atomic E-state index is 13.0. The lowest BCUT2D eigenvalue weighted by Gasteiger charge is -2.29. The molecule has 0 heterocycles. The molecule has 1 amide bonds. The molecule has 0 atom stereocenters. The second kappa shape index (κ2) is 7.14. The summed E-state index contributed by atoms with van der Waals surface area (Å²) in [5.41, 5.74) is 4.01. The summed E-state index contributed by atoms with van der Waals surface area (Å²) in [4.78, 5) is 14.8. The molecule has 3 rings (SSSR count). The number of benzene rings is 3. The minimum atomic E-state index is -0.111. The van der Waals surface area contributed by atoms with Gasteiger partial charge in [0, 0.05) is 12.6 Å². The van der Waals surface area contributed by atoms with Crippen LogP contribution in [-0.2, 0) is 0 Å². The first-order chi connectivity index (χ1) is 11.7. The molecule has 0 radical (unpaired) electrons. The van der Waals surface area contributed by atoms with Gasteiger partial charge >= 0.3 is 0 Å². The molecule has 0 aliphatic carbocycles. The fourth-order valence-electron chi connectivity index (χ4n) is 3.01. The number of hydrogen-bond acceptors (Lipinski definition) is 1. The Labute approximate surface area is 143 Å². The molecular weight excluding hydrogens is 294 g/mol. The second-order valence-electron chi connectivity index (χ2n) is 6.01. The van der Waals surface area contributed by atoms with E-state index in [1.165, 1.54) is 0 Å². The molecule has 0 fully saturated rings. The molecular formula is C22H21NO. The van der Waals surface area contributed by atoms with Crippen LogP contribution in [0.1, 0.15) is 33.1 Å². The Bertz CT molecular complexity index is 772. The molecule has 0 aliphatic rings. The van der Waals surface area contributed by atoms with Crippen LogP contribution in [0.4, 0.5) is 0 Å². The molecule has 3 aromatic rings. The average molecular weight is 315 g/mol. The smallest absolute Gasteiger partial charge is 0.254 e. The van der Waals surface area contributed by atoms with E-state index < -0.39 is 0 Å². The molecule has 24 heavy (non-hydrogen) atoms. The zero-order valence-corrected chi connectivity index (χ0v) is 14.0.